The van der Waals surface area contributed by atoms with E-state index < -0.39 is 7.60 Å². The zero-order valence-electron chi connectivity index (χ0n) is 14.3. The van der Waals surface area contributed by atoms with Gasteiger partial charge in [0.2, 0.25) is 0 Å². The summed E-state index contributed by atoms with van der Waals surface area (Å²) in [5.41, 5.74) is 1.01. The Balaban J connectivity index is 3.09. The van der Waals surface area contributed by atoms with Gasteiger partial charge in [-0.1, -0.05) is 43.7 Å². The molecule has 1 rings (SSSR count). The molecule has 0 aliphatic carbocycles. The van der Waals surface area contributed by atoms with Gasteiger partial charge in [-0.15, -0.1) is 11.8 Å². The maximum absolute atomic E-state index is 13.5. The molecule has 0 aromatic heterocycles. The van der Waals surface area contributed by atoms with Crippen molar-refractivity contribution in [1.82, 2.24) is 0 Å². The molecule has 1 unspecified atom stereocenters. The number of hydrogen-bond donors (Lipinski definition) is 0. The van der Waals surface area contributed by atoms with Crippen molar-refractivity contribution in [2.45, 2.75) is 64.7 Å². The topological polar surface area (TPSA) is 35.5 Å². The lowest BCUT2D eigenvalue weighted by atomic mass is 10.2. The summed E-state index contributed by atoms with van der Waals surface area (Å²) in [4.78, 5) is -0.273. The van der Waals surface area contributed by atoms with Crippen LogP contribution < -0.4 is 0 Å². The van der Waals surface area contributed by atoms with Crippen molar-refractivity contribution >= 4 is 19.4 Å². The highest BCUT2D eigenvalue weighted by Crippen LogP contribution is 2.66. The minimum absolute atomic E-state index is 0.137. The predicted molar refractivity (Wildman–Crippen MR) is 96.6 cm³/mol. The maximum Gasteiger partial charge on any atom is 0.348 e. The highest BCUT2D eigenvalue weighted by molar-refractivity contribution is 8.04. The molecule has 5 heteroatoms. The molecule has 0 saturated carbocycles. The Morgan fingerprint density at radius 2 is 1.59 bits per heavy atom. The molecule has 0 spiro atoms. The van der Waals surface area contributed by atoms with Gasteiger partial charge in [0.05, 0.1) is 12.2 Å². The summed E-state index contributed by atoms with van der Waals surface area (Å²) in [6, 6.07) is 9.91. The van der Waals surface area contributed by atoms with Crippen LogP contribution in [0.25, 0.3) is 0 Å². The van der Waals surface area contributed by atoms with Crippen molar-refractivity contribution in [3.8, 4) is 0 Å². The number of unbranched alkanes of at least 4 members (excludes halogenated alkanes) is 1. The molecule has 1 atom stereocenters. The highest BCUT2D eigenvalue weighted by atomic mass is 32.2. The first-order chi connectivity index (χ1) is 10.4. The number of thioether (sulfide) groups is 1. The van der Waals surface area contributed by atoms with Crippen LogP contribution >= 0.6 is 19.4 Å². The SMILES string of the molecule is CCCCSC(c1ccccc1)P(=O)(OC(C)C)OC(C)C. The van der Waals surface area contributed by atoms with Crippen LogP contribution in [0.1, 0.15) is 58.0 Å². The Hall–Kier alpha value is -0.280. The van der Waals surface area contributed by atoms with Gasteiger partial charge >= 0.3 is 7.60 Å². The smallest absolute Gasteiger partial charge is 0.305 e. The zero-order chi connectivity index (χ0) is 16.6. The van der Waals surface area contributed by atoms with Crippen LogP contribution in [-0.4, -0.2) is 18.0 Å². The van der Waals surface area contributed by atoms with E-state index in [0.717, 1.165) is 24.2 Å². The molecule has 0 bridgehead atoms. The van der Waals surface area contributed by atoms with Gasteiger partial charge in [-0.25, -0.2) is 0 Å². The summed E-state index contributed by atoms with van der Waals surface area (Å²) in [5, 5.41) is 0. The largest absolute Gasteiger partial charge is 0.348 e. The van der Waals surface area contributed by atoms with Gasteiger partial charge in [0.15, 0.2) is 0 Å². The second-order valence-electron chi connectivity index (χ2n) is 5.84. The van der Waals surface area contributed by atoms with E-state index in [1.54, 1.807) is 11.8 Å². The molecule has 126 valence electrons. The lowest BCUT2D eigenvalue weighted by molar-refractivity contribution is 0.141. The van der Waals surface area contributed by atoms with Gasteiger partial charge in [-0.3, -0.25) is 4.57 Å². The van der Waals surface area contributed by atoms with Crippen LogP contribution in [0.4, 0.5) is 0 Å². The van der Waals surface area contributed by atoms with Gasteiger partial charge in [-0.05, 0) is 45.4 Å². The fraction of sp³-hybridized carbons (Fsp3) is 0.647. The lowest BCUT2D eigenvalue weighted by Crippen LogP contribution is -2.12. The minimum Gasteiger partial charge on any atom is -0.305 e. The third kappa shape index (κ3) is 6.45. The average Bonchev–Trinajstić information content (AvgIpc) is 2.42. The molecule has 0 heterocycles. The van der Waals surface area contributed by atoms with E-state index in [2.05, 4.69) is 6.92 Å². The summed E-state index contributed by atoms with van der Waals surface area (Å²) >= 11 is 1.68. The summed E-state index contributed by atoms with van der Waals surface area (Å²) in [5.74, 6) is 0.947. The summed E-state index contributed by atoms with van der Waals surface area (Å²) in [6.07, 6.45) is 1.94. The Bertz CT molecular complexity index is 448. The van der Waals surface area contributed by atoms with Crippen molar-refractivity contribution in [2.24, 2.45) is 0 Å². The third-order valence-corrected chi connectivity index (χ3v) is 7.50. The zero-order valence-corrected chi connectivity index (χ0v) is 16.0. The van der Waals surface area contributed by atoms with Crippen molar-refractivity contribution in [2.75, 3.05) is 5.75 Å². The van der Waals surface area contributed by atoms with E-state index in [-0.39, 0.29) is 17.2 Å². The normalized spacial score (nSPS) is 13.8. The fourth-order valence-corrected chi connectivity index (χ4v) is 6.41. The molecule has 0 fully saturated rings. The molecular weight excluding hydrogens is 315 g/mol. The molecule has 3 nitrogen and oxygen atoms in total. The fourth-order valence-electron chi connectivity index (χ4n) is 2.05. The molecule has 0 saturated heterocycles. The summed E-state index contributed by atoms with van der Waals surface area (Å²) in [7, 11) is -3.24. The molecular formula is C17H29O3PS. The van der Waals surface area contributed by atoms with Gasteiger partial charge in [0, 0.05) is 0 Å². The first kappa shape index (κ1) is 19.8. The third-order valence-electron chi connectivity index (χ3n) is 2.86. The van der Waals surface area contributed by atoms with E-state index in [4.69, 9.17) is 9.05 Å². The number of benzene rings is 1. The number of hydrogen-bond acceptors (Lipinski definition) is 4. The van der Waals surface area contributed by atoms with Crippen LogP contribution in [-0.2, 0) is 13.6 Å². The Morgan fingerprint density at radius 3 is 2.05 bits per heavy atom. The molecule has 0 N–H and O–H groups in total. The van der Waals surface area contributed by atoms with E-state index in [1.807, 2.05) is 58.0 Å². The molecule has 1 aromatic rings. The highest BCUT2D eigenvalue weighted by Gasteiger charge is 2.39. The van der Waals surface area contributed by atoms with Gasteiger partial charge < -0.3 is 9.05 Å². The van der Waals surface area contributed by atoms with Crippen LogP contribution in [0, 0.1) is 0 Å². The van der Waals surface area contributed by atoms with Crippen molar-refractivity contribution in [3.63, 3.8) is 0 Å². The number of rotatable bonds is 10. The average molecular weight is 344 g/mol. The van der Waals surface area contributed by atoms with Crippen molar-refractivity contribution in [1.29, 1.82) is 0 Å². The molecule has 0 amide bonds. The van der Waals surface area contributed by atoms with E-state index in [9.17, 15) is 4.57 Å². The molecule has 1 aromatic carbocycles. The predicted octanol–water partition coefficient (Wildman–Crippen LogP) is 6.26. The van der Waals surface area contributed by atoms with Crippen molar-refractivity contribution in [3.05, 3.63) is 35.9 Å². The van der Waals surface area contributed by atoms with Crippen LogP contribution in [0.3, 0.4) is 0 Å². The minimum atomic E-state index is -3.24. The standard InChI is InChI=1S/C17H29O3PS/c1-6-7-13-22-17(16-11-9-8-10-12-16)21(18,19-14(2)3)20-15(4)5/h8-12,14-15,17H,6-7,13H2,1-5H3. The summed E-state index contributed by atoms with van der Waals surface area (Å²) in [6.45, 7) is 9.75. The van der Waals surface area contributed by atoms with E-state index >= 15 is 0 Å². The second-order valence-corrected chi connectivity index (χ2v) is 9.42. The first-order valence-electron chi connectivity index (χ1n) is 8.02. The van der Waals surface area contributed by atoms with Gasteiger partial charge in [0.25, 0.3) is 0 Å². The lowest BCUT2D eigenvalue weighted by Gasteiger charge is -2.29. The van der Waals surface area contributed by atoms with E-state index in [0.29, 0.717) is 0 Å². The summed E-state index contributed by atoms with van der Waals surface area (Å²) < 4.78 is 25.1. The molecule has 0 radical (unpaired) electrons. The van der Waals surface area contributed by atoms with Gasteiger partial charge in [-0.2, -0.15) is 0 Å². The Labute approximate surface area is 139 Å². The van der Waals surface area contributed by atoms with Crippen molar-refractivity contribution < 1.29 is 13.6 Å². The van der Waals surface area contributed by atoms with Crippen LogP contribution in [0.15, 0.2) is 30.3 Å². The molecule has 0 aliphatic heterocycles. The molecule has 0 aliphatic rings. The maximum atomic E-state index is 13.5. The van der Waals surface area contributed by atoms with Gasteiger partial charge in [0.1, 0.15) is 4.99 Å². The monoisotopic (exact) mass is 344 g/mol. The quantitative estimate of drug-likeness (QED) is 0.370. The Kier molecular flexibility index (Phi) is 8.78. The van der Waals surface area contributed by atoms with Crippen LogP contribution in [0.5, 0.6) is 0 Å². The van der Waals surface area contributed by atoms with E-state index in [1.165, 1.54) is 0 Å². The second kappa shape index (κ2) is 9.77. The Morgan fingerprint density at radius 1 is 1.05 bits per heavy atom. The molecule has 22 heavy (non-hydrogen) atoms. The van der Waals surface area contributed by atoms with Crippen LogP contribution in [0.2, 0.25) is 0 Å². The first-order valence-corrected chi connectivity index (χ1v) is 10.7.